The Hall–Kier alpha value is -1.91. The summed E-state index contributed by atoms with van der Waals surface area (Å²) < 4.78 is 18.7. The predicted octanol–water partition coefficient (Wildman–Crippen LogP) is 3.26. The van der Waals surface area contributed by atoms with Crippen molar-refractivity contribution in [1.82, 2.24) is 5.32 Å². The molecule has 0 atom stereocenters. The Labute approximate surface area is 137 Å². The molecule has 1 N–H and O–H groups in total. The number of nitrogens with zero attached hydrogens (tertiary/aromatic N) is 1. The van der Waals surface area contributed by atoms with Crippen molar-refractivity contribution >= 4 is 5.69 Å². The molecule has 1 heterocycles. The topological polar surface area (TPSA) is 24.5 Å². The summed E-state index contributed by atoms with van der Waals surface area (Å²) in [5.74, 6) is -0.146. The molecule has 1 fully saturated rings. The fourth-order valence-electron chi connectivity index (χ4n) is 2.85. The van der Waals surface area contributed by atoms with Gasteiger partial charge in [-0.15, -0.1) is 0 Å². The lowest BCUT2D eigenvalue weighted by Crippen LogP contribution is -2.36. The predicted molar refractivity (Wildman–Crippen MR) is 91.2 cm³/mol. The summed E-state index contributed by atoms with van der Waals surface area (Å²) in [5, 5.41) is 3.43. The molecule has 1 aliphatic rings. The first-order valence-electron chi connectivity index (χ1n) is 8.10. The highest BCUT2D eigenvalue weighted by Gasteiger charge is 2.11. The highest BCUT2D eigenvalue weighted by atomic mass is 19.1. The average molecular weight is 314 g/mol. The smallest absolute Gasteiger partial charge is 0.126 e. The number of rotatable bonds is 5. The van der Waals surface area contributed by atoms with Gasteiger partial charge in [0.1, 0.15) is 5.82 Å². The quantitative estimate of drug-likeness (QED) is 0.917. The Bertz CT molecular complexity index is 654. The van der Waals surface area contributed by atoms with E-state index in [0.29, 0.717) is 5.56 Å². The van der Waals surface area contributed by atoms with Gasteiger partial charge >= 0.3 is 0 Å². The number of morpholine rings is 1. The van der Waals surface area contributed by atoms with Crippen molar-refractivity contribution in [2.75, 3.05) is 31.2 Å². The van der Waals surface area contributed by atoms with Crippen LogP contribution in [0.3, 0.4) is 0 Å². The zero-order valence-corrected chi connectivity index (χ0v) is 13.5. The minimum Gasteiger partial charge on any atom is -0.378 e. The van der Waals surface area contributed by atoms with Gasteiger partial charge in [-0.05, 0) is 41.8 Å². The van der Waals surface area contributed by atoms with Crippen LogP contribution in [0.15, 0.2) is 42.5 Å². The summed E-state index contributed by atoms with van der Waals surface area (Å²) in [7, 11) is 0. The van der Waals surface area contributed by atoms with Gasteiger partial charge in [0, 0.05) is 31.9 Å². The van der Waals surface area contributed by atoms with Crippen molar-refractivity contribution in [2.24, 2.45) is 0 Å². The van der Waals surface area contributed by atoms with Crippen molar-refractivity contribution in [3.05, 3.63) is 65.0 Å². The molecule has 0 radical (unpaired) electrons. The van der Waals surface area contributed by atoms with Crippen molar-refractivity contribution in [2.45, 2.75) is 20.0 Å². The molecule has 0 saturated carbocycles. The van der Waals surface area contributed by atoms with Gasteiger partial charge in [-0.3, -0.25) is 0 Å². The Morgan fingerprint density at radius 3 is 2.52 bits per heavy atom. The van der Waals surface area contributed by atoms with E-state index in [1.807, 2.05) is 12.1 Å². The van der Waals surface area contributed by atoms with Gasteiger partial charge < -0.3 is 15.0 Å². The number of anilines is 1. The number of benzene rings is 2. The molecule has 0 unspecified atom stereocenters. The third-order valence-electron chi connectivity index (χ3n) is 4.17. The molecule has 2 aromatic rings. The molecule has 0 bridgehead atoms. The van der Waals surface area contributed by atoms with Crippen LogP contribution in [0.2, 0.25) is 0 Å². The molecule has 3 rings (SSSR count). The van der Waals surface area contributed by atoms with Crippen LogP contribution in [0.25, 0.3) is 0 Å². The van der Waals surface area contributed by atoms with Crippen molar-refractivity contribution in [3.63, 3.8) is 0 Å². The molecule has 1 aliphatic heterocycles. The van der Waals surface area contributed by atoms with Gasteiger partial charge in [-0.25, -0.2) is 4.39 Å². The maximum Gasteiger partial charge on any atom is 0.126 e. The van der Waals surface area contributed by atoms with Gasteiger partial charge in [0.25, 0.3) is 0 Å². The Morgan fingerprint density at radius 2 is 1.78 bits per heavy atom. The van der Waals surface area contributed by atoms with Crippen LogP contribution < -0.4 is 10.2 Å². The molecule has 0 amide bonds. The summed E-state index contributed by atoms with van der Waals surface area (Å²) in [4.78, 5) is 2.36. The molecule has 122 valence electrons. The lowest BCUT2D eigenvalue weighted by atomic mass is 10.1. The van der Waals surface area contributed by atoms with Crippen molar-refractivity contribution in [3.8, 4) is 0 Å². The number of ether oxygens (including phenoxy) is 1. The van der Waals surface area contributed by atoms with Crippen LogP contribution in [-0.2, 0) is 17.8 Å². The fraction of sp³-hybridized carbons (Fsp3) is 0.368. The van der Waals surface area contributed by atoms with Gasteiger partial charge in [-0.2, -0.15) is 0 Å². The lowest BCUT2D eigenvalue weighted by Gasteiger charge is -2.29. The summed E-state index contributed by atoms with van der Waals surface area (Å²) in [6.45, 7) is 6.83. The zero-order chi connectivity index (χ0) is 16.1. The molecule has 4 heteroatoms. The second kappa shape index (κ2) is 7.57. The second-order valence-corrected chi connectivity index (χ2v) is 5.96. The summed E-state index contributed by atoms with van der Waals surface area (Å²) in [6, 6.07) is 13.9. The van der Waals surface area contributed by atoms with Crippen LogP contribution >= 0.6 is 0 Å². The first-order chi connectivity index (χ1) is 11.2. The maximum atomic E-state index is 13.3. The highest BCUT2D eigenvalue weighted by Crippen LogP contribution is 2.17. The van der Waals surface area contributed by atoms with Crippen molar-refractivity contribution in [1.29, 1.82) is 0 Å². The minimum absolute atomic E-state index is 0.146. The normalized spacial score (nSPS) is 15.0. The minimum atomic E-state index is -0.146. The van der Waals surface area contributed by atoms with E-state index in [9.17, 15) is 4.39 Å². The van der Waals surface area contributed by atoms with E-state index in [1.54, 1.807) is 6.92 Å². The lowest BCUT2D eigenvalue weighted by molar-refractivity contribution is 0.122. The van der Waals surface area contributed by atoms with E-state index in [0.717, 1.165) is 45.0 Å². The summed E-state index contributed by atoms with van der Waals surface area (Å²) in [6.07, 6.45) is 0. The van der Waals surface area contributed by atoms with Crippen LogP contribution in [-0.4, -0.2) is 26.3 Å². The number of halogens is 1. The second-order valence-electron chi connectivity index (χ2n) is 5.96. The Morgan fingerprint density at radius 1 is 1.04 bits per heavy atom. The first kappa shape index (κ1) is 16.0. The molecule has 1 saturated heterocycles. The molecule has 3 nitrogen and oxygen atoms in total. The SMILES string of the molecule is Cc1cc(CNCc2cccc(N3CCOCC3)c2)ccc1F. The van der Waals surface area contributed by atoms with E-state index >= 15 is 0 Å². The Kier molecular flexibility index (Phi) is 5.26. The molecule has 0 aliphatic carbocycles. The summed E-state index contributed by atoms with van der Waals surface area (Å²) in [5.41, 5.74) is 4.31. The number of nitrogens with one attached hydrogen (secondary N) is 1. The van der Waals surface area contributed by atoms with E-state index in [-0.39, 0.29) is 5.82 Å². The first-order valence-corrected chi connectivity index (χ1v) is 8.10. The highest BCUT2D eigenvalue weighted by molar-refractivity contribution is 5.48. The number of hydrogen-bond donors (Lipinski definition) is 1. The zero-order valence-electron chi connectivity index (χ0n) is 13.5. The summed E-state index contributed by atoms with van der Waals surface area (Å²) >= 11 is 0. The van der Waals surface area contributed by atoms with Gasteiger partial charge in [0.15, 0.2) is 0 Å². The number of hydrogen-bond acceptors (Lipinski definition) is 3. The molecule has 23 heavy (non-hydrogen) atoms. The van der Waals surface area contributed by atoms with Gasteiger partial charge in [-0.1, -0.05) is 24.3 Å². The van der Waals surface area contributed by atoms with Crippen molar-refractivity contribution < 1.29 is 9.13 Å². The largest absolute Gasteiger partial charge is 0.378 e. The van der Waals surface area contributed by atoms with E-state index < -0.39 is 0 Å². The molecule has 0 spiro atoms. The molecular weight excluding hydrogens is 291 g/mol. The standard InChI is InChI=1S/C19H23FN2O/c1-15-11-17(5-6-19(15)20)14-21-13-16-3-2-4-18(12-16)22-7-9-23-10-8-22/h2-6,11-12,21H,7-10,13-14H2,1H3. The average Bonchev–Trinajstić information content (AvgIpc) is 2.59. The van der Waals surface area contributed by atoms with Crippen LogP contribution in [0, 0.1) is 12.7 Å². The Balaban J connectivity index is 1.56. The van der Waals surface area contributed by atoms with Crippen LogP contribution in [0.5, 0.6) is 0 Å². The fourth-order valence-corrected chi connectivity index (χ4v) is 2.85. The maximum absolute atomic E-state index is 13.3. The van der Waals surface area contributed by atoms with Crippen LogP contribution in [0.1, 0.15) is 16.7 Å². The van der Waals surface area contributed by atoms with E-state index in [1.165, 1.54) is 17.3 Å². The van der Waals surface area contributed by atoms with Crippen LogP contribution in [0.4, 0.5) is 10.1 Å². The monoisotopic (exact) mass is 314 g/mol. The molecule has 0 aromatic heterocycles. The van der Waals surface area contributed by atoms with E-state index in [4.69, 9.17) is 4.74 Å². The third-order valence-corrected chi connectivity index (χ3v) is 4.17. The van der Waals surface area contributed by atoms with Gasteiger partial charge in [0.2, 0.25) is 0 Å². The van der Waals surface area contributed by atoms with Gasteiger partial charge in [0.05, 0.1) is 13.2 Å². The third kappa shape index (κ3) is 4.30. The molecular formula is C19H23FN2O. The van der Waals surface area contributed by atoms with E-state index in [2.05, 4.69) is 34.5 Å². The molecule has 2 aromatic carbocycles. The number of aryl methyl sites for hydroxylation is 1.